The molecule has 0 fully saturated rings. The van der Waals surface area contributed by atoms with Crippen LogP contribution in [0.1, 0.15) is 16.7 Å². The second-order valence-corrected chi connectivity index (χ2v) is 6.14. The third-order valence-corrected chi connectivity index (χ3v) is 4.08. The van der Waals surface area contributed by atoms with Gasteiger partial charge in [-0.15, -0.1) is 0 Å². The van der Waals surface area contributed by atoms with Gasteiger partial charge in [0.25, 0.3) is 0 Å². The highest BCUT2D eigenvalue weighted by atomic mass is 16.5. The van der Waals surface area contributed by atoms with E-state index in [4.69, 9.17) is 9.47 Å². The van der Waals surface area contributed by atoms with Gasteiger partial charge in [-0.2, -0.15) is 0 Å². The lowest BCUT2D eigenvalue weighted by atomic mass is 10.1. The lowest BCUT2D eigenvalue weighted by molar-refractivity contribution is -0.117. The van der Waals surface area contributed by atoms with E-state index < -0.39 is 0 Å². The van der Waals surface area contributed by atoms with Crippen LogP contribution in [-0.2, 0) is 11.3 Å². The number of hydrogen-bond acceptors (Lipinski definition) is 4. The maximum absolute atomic E-state index is 12.4. The van der Waals surface area contributed by atoms with Crippen molar-refractivity contribution in [2.75, 3.05) is 33.1 Å². The van der Waals surface area contributed by atoms with Crippen molar-refractivity contribution >= 4 is 11.6 Å². The largest absolute Gasteiger partial charge is 0.493 e. The van der Waals surface area contributed by atoms with Crippen LogP contribution in [0.5, 0.6) is 11.5 Å². The molecule has 0 aliphatic carbocycles. The Bertz CT molecular complexity index is 723. The van der Waals surface area contributed by atoms with Gasteiger partial charge in [-0.1, -0.05) is 30.3 Å². The number of carbonyl (C=O) groups is 1. The highest BCUT2D eigenvalue weighted by molar-refractivity contribution is 5.93. The highest BCUT2D eigenvalue weighted by Gasteiger charge is 2.14. The monoisotopic (exact) mass is 342 g/mol. The fourth-order valence-electron chi connectivity index (χ4n) is 2.86. The third-order valence-electron chi connectivity index (χ3n) is 4.08. The molecule has 2 rings (SSSR count). The average molecular weight is 342 g/mol. The number of rotatable bonds is 7. The summed E-state index contributed by atoms with van der Waals surface area (Å²) >= 11 is 0. The van der Waals surface area contributed by atoms with Crippen LogP contribution in [0.25, 0.3) is 0 Å². The van der Waals surface area contributed by atoms with Crippen LogP contribution < -0.4 is 14.8 Å². The molecule has 0 aliphatic heterocycles. The maximum Gasteiger partial charge on any atom is 0.238 e. The number of hydrogen-bond donors (Lipinski definition) is 1. The predicted octanol–water partition coefficient (Wildman–Crippen LogP) is 3.39. The Balaban J connectivity index is 2.03. The van der Waals surface area contributed by atoms with E-state index in [0.29, 0.717) is 18.0 Å². The minimum Gasteiger partial charge on any atom is -0.493 e. The van der Waals surface area contributed by atoms with Crippen molar-refractivity contribution in [1.29, 1.82) is 0 Å². The van der Waals surface area contributed by atoms with E-state index in [1.165, 1.54) is 0 Å². The molecule has 5 nitrogen and oxygen atoms in total. The van der Waals surface area contributed by atoms with Gasteiger partial charge in [-0.25, -0.2) is 0 Å². The summed E-state index contributed by atoms with van der Waals surface area (Å²) in [6, 6.07) is 11.7. The van der Waals surface area contributed by atoms with E-state index in [9.17, 15) is 4.79 Å². The standard InChI is InChI=1S/C20H26N2O3/c1-14-8-6-9-15(2)19(14)21-18(23)13-22(3)12-16-10-7-11-17(24-4)20(16)25-5/h6-11H,12-13H2,1-5H3,(H,21,23). The Morgan fingerprint density at radius 3 is 2.28 bits per heavy atom. The summed E-state index contributed by atoms with van der Waals surface area (Å²) in [5, 5.41) is 3.01. The average Bonchev–Trinajstić information content (AvgIpc) is 2.57. The molecule has 1 N–H and O–H groups in total. The van der Waals surface area contributed by atoms with Crippen LogP contribution in [0.3, 0.4) is 0 Å². The van der Waals surface area contributed by atoms with Crippen molar-refractivity contribution in [2.45, 2.75) is 20.4 Å². The van der Waals surface area contributed by atoms with Crippen LogP contribution >= 0.6 is 0 Å². The summed E-state index contributed by atoms with van der Waals surface area (Å²) in [5.74, 6) is 1.35. The zero-order valence-electron chi connectivity index (χ0n) is 15.6. The van der Waals surface area contributed by atoms with Gasteiger partial charge in [0.2, 0.25) is 5.91 Å². The summed E-state index contributed by atoms with van der Waals surface area (Å²) < 4.78 is 10.8. The zero-order chi connectivity index (χ0) is 18.4. The molecule has 0 aromatic heterocycles. The number of nitrogens with one attached hydrogen (secondary N) is 1. The number of ether oxygens (including phenoxy) is 2. The Morgan fingerprint density at radius 1 is 1.04 bits per heavy atom. The summed E-state index contributed by atoms with van der Waals surface area (Å²) in [7, 11) is 5.14. The molecular formula is C20H26N2O3. The zero-order valence-corrected chi connectivity index (χ0v) is 15.6. The first kappa shape index (κ1) is 18.8. The fraction of sp³-hybridized carbons (Fsp3) is 0.350. The van der Waals surface area contributed by atoms with Gasteiger partial charge in [0.1, 0.15) is 0 Å². The van der Waals surface area contributed by atoms with Gasteiger partial charge >= 0.3 is 0 Å². The van der Waals surface area contributed by atoms with Crippen molar-refractivity contribution in [3.05, 3.63) is 53.1 Å². The SMILES string of the molecule is COc1cccc(CN(C)CC(=O)Nc2c(C)cccc2C)c1OC. The molecular weight excluding hydrogens is 316 g/mol. The van der Waals surface area contributed by atoms with E-state index in [0.717, 1.165) is 22.4 Å². The smallest absolute Gasteiger partial charge is 0.238 e. The lowest BCUT2D eigenvalue weighted by Crippen LogP contribution is -2.30. The fourth-order valence-corrected chi connectivity index (χ4v) is 2.86. The second-order valence-electron chi connectivity index (χ2n) is 6.14. The summed E-state index contributed by atoms with van der Waals surface area (Å²) in [5.41, 5.74) is 3.99. The summed E-state index contributed by atoms with van der Waals surface area (Å²) in [4.78, 5) is 14.3. The van der Waals surface area contributed by atoms with Gasteiger partial charge in [0.05, 0.1) is 20.8 Å². The van der Waals surface area contributed by atoms with E-state index in [1.807, 2.05) is 62.2 Å². The molecule has 5 heteroatoms. The Labute approximate surface area is 149 Å². The number of para-hydroxylation sites is 2. The molecule has 25 heavy (non-hydrogen) atoms. The van der Waals surface area contributed by atoms with E-state index in [-0.39, 0.29) is 12.5 Å². The minimum absolute atomic E-state index is 0.0400. The number of anilines is 1. The molecule has 1 amide bonds. The van der Waals surface area contributed by atoms with E-state index in [2.05, 4.69) is 5.32 Å². The number of methoxy groups -OCH3 is 2. The number of carbonyl (C=O) groups excluding carboxylic acids is 1. The van der Waals surface area contributed by atoms with E-state index >= 15 is 0 Å². The molecule has 0 spiro atoms. The second kappa shape index (κ2) is 8.53. The van der Waals surface area contributed by atoms with Crippen LogP contribution in [0.2, 0.25) is 0 Å². The summed E-state index contributed by atoms with van der Waals surface area (Å²) in [6.45, 7) is 4.86. The molecule has 0 aliphatic rings. The topological polar surface area (TPSA) is 50.8 Å². The first-order chi connectivity index (χ1) is 12.0. The van der Waals surface area contributed by atoms with Gasteiger partial charge in [0.15, 0.2) is 11.5 Å². The lowest BCUT2D eigenvalue weighted by Gasteiger charge is -2.20. The first-order valence-corrected chi connectivity index (χ1v) is 8.20. The van der Waals surface area contributed by atoms with E-state index in [1.54, 1.807) is 14.2 Å². The summed E-state index contributed by atoms with van der Waals surface area (Å²) in [6.07, 6.45) is 0. The number of aryl methyl sites for hydroxylation is 2. The van der Waals surface area contributed by atoms with Crippen molar-refractivity contribution in [3.8, 4) is 11.5 Å². The van der Waals surface area contributed by atoms with Crippen molar-refractivity contribution < 1.29 is 14.3 Å². The number of amides is 1. The van der Waals surface area contributed by atoms with Crippen LogP contribution in [0.4, 0.5) is 5.69 Å². The molecule has 0 saturated carbocycles. The maximum atomic E-state index is 12.4. The van der Waals surface area contributed by atoms with Gasteiger partial charge < -0.3 is 14.8 Å². The van der Waals surface area contributed by atoms with Gasteiger partial charge in [-0.05, 0) is 38.1 Å². The Kier molecular flexibility index (Phi) is 6.42. The van der Waals surface area contributed by atoms with Gasteiger partial charge in [-0.3, -0.25) is 9.69 Å². The normalized spacial score (nSPS) is 10.6. The molecule has 134 valence electrons. The van der Waals surface area contributed by atoms with Crippen LogP contribution in [0, 0.1) is 13.8 Å². The van der Waals surface area contributed by atoms with Crippen LogP contribution in [-0.4, -0.2) is 38.6 Å². The molecule has 0 heterocycles. The van der Waals surface area contributed by atoms with Crippen LogP contribution in [0.15, 0.2) is 36.4 Å². The molecule has 0 radical (unpaired) electrons. The first-order valence-electron chi connectivity index (χ1n) is 8.20. The highest BCUT2D eigenvalue weighted by Crippen LogP contribution is 2.31. The number of nitrogens with zero attached hydrogens (tertiary/aromatic N) is 1. The Hall–Kier alpha value is -2.53. The Morgan fingerprint density at radius 2 is 1.68 bits per heavy atom. The molecule has 0 bridgehead atoms. The molecule has 2 aromatic rings. The number of likely N-dealkylation sites (N-methyl/N-ethyl adjacent to an activating group) is 1. The van der Waals surface area contributed by atoms with Crippen molar-refractivity contribution in [3.63, 3.8) is 0 Å². The molecule has 0 atom stereocenters. The molecule has 0 saturated heterocycles. The van der Waals surface area contributed by atoms with Gasteiger partial charge in [0, 0.05) is 17.8 Å². The number of benzene rings is 2. The van der Waals surface area contributed by atoms with Crippen molar-refractivity contribution in [1.82, 2.24) is 4.90 Å². The molecule has 0 unspecified atom stereocenters. The predicted molar refractivity (Wildman–Crippen MR) is 100 cm³/mol. The quantitative estimate of drug-likeness (QED) is 0.838. The third kappa shape index (κ3) is 4.73. The minimum atomic E-state index is -0.0400. The van der Waals surface area contributed by atoms with Crippen molar-refractivity contribution in [2.24, 2.45) is 0 Å². The molecule has 2 aromatic carbocycles.